The molecule has 2 aromatic carbocycles. The van der Waals surface area contributed by atoms with Crippen LogP contribution < -0.4 is 0 Å². The topological polar surface area (TPSA) is 49.3 Å². The van der Waals surface area contributed by atoms with Gasteiger partial charge < -0.3 is 9.80 Å². The Kier molecular flexibility index (Phi) is 5.15. The Labute approximate surface area is 170 Å². The van der Waals surface area contributed by atoms with E-state index >= 15 is 0 Å². The fraction of sp³-hybridized carbons (Fsp3) is 0.286. The number of likely N-dealkylation sites (N-methyl/N-ethyl adjacent to an activating group) is 1. The molecule has 1 aromatic heterocycles. The normalized spacial score (nSPS) is 15.6. The molecule has 0 saturated carbocycles. The van der Waals surface area contributed by atoms with Gasteiger partial charge in [-0.15, -0.1) is 0 Å². The first-order valence-corrected chi connectivity index (χ1v) is 9.35. The number of aromatic nitrogens is 2. The highest BCUT2D eigenvalue weighted by Crippen LogP contribution is 2.36. The minimum absolute atomic E-state index is 0.0115. The van der Waals surface area contributed by atoms with E-state index in [-0.39, 0.29) is 22.5 Å². The number of hydrogen-bond acceptors (Lipinski definition) is 4. The van der Waals surface area contributed by atoms with Crippen molar-refractivity contribution in [2.45, 2.75) is 6.18 Å². The van der Waals surface area contributed by atoms with Crippen LogP contribution in [-0.2, 0) is 6.18 Å². The molecule has 0 unspecified atom stereocenters. The number of amides is 1. The Balaban J connectivity index is 1.79. The van der Waals surface area contributed by atoms with E-state index in [1.165, 1.54) is 30.3 Å². The molecule has 0 bridgehead atoms. The van der Waals surface area contributed by atoms with Crippen LogP contribution in [0, 0.1) is 5.82 Å². The summed E-state index contributed by atoms with van der Waals surface area (Å²) in [5.41, 5.74) is -1.23. The summed E-state index contributed by atoms with van der Waals surface area (Å²) >= 11 is 0. The van der Waals surface area contributed by atoms with Crippen LogP contribution >= 0.6 is 0 Å². The predicted octanol–water partition coefficient (Wildman–Crippen LogP) is 3.84. The van der Waals surface area contributed by atoms with Gasteiger partial charge in [-0.25, -0.2) is 14.4 Å². The van der Waals surface area contributed by atoms with Gasteiger partial charge in [0.15, 0.2) is 5.69 Å². The monoisotopic (exact) mass is 418 g/mol. The first-order chi connectivity index (χ1) is 14.2. The van der Waals surface area contributed by atoms with E-state index in [2.05, 4.69) is 14.9 Å². The third-order valence-electron chi connectivity index (χ3n) is 5.07. The average molecular weight is 418 g/mol. The third-order valence-corrected chi connectivity index (χ3v) is 5.07. The first-order valence-electron chi connectivity index (χ1n) is 9.35. The summed E-state index contributed by atoms with van der Waals surface area (Å²) in [4.78, 5) is 24.5. The molecule has 5 nitrogen and oxygen atoms in total. The van der Waals surface area contributed by atoms with Crippen molar-refractivity contribution in [3.8, 4) is 11.3 Å². The molecule has 0 radical (unpaired) electrons. The second kappa shape index (κ2) is 7.64. The number of halogens is 4. The number of alkyl halides is 3. The van der Waals surface area contributed by atoms with Crippen molar-refractivity contribution in [3.63, 3.8) is 0 Å². The van der Waals surface area contributed by atoms with E-state index in [9.17, 15) is 22.4 Å². The Morgan fingerprint density at radius 3 is 2.37 bits per heavy atom. The quantitative estimate of drug-likeness (QED) is 0.594. The fourth-order valence-electron chi connectivity index (χ4n) is 3.41. The van der Waals surface area contributed by atoms with Gasteiger partial charge in [-0.2, -0.15) is 13.2 Å². The molecule has 30 heavy (non-hydrogen) atoms. The Bertz CT molecular complexity index is 1110. The van der Waals surface area contributed by atoms with Crippen molar-refractivity contribution in [3.05, 3.63) is 59.5 Å². The van der Waals surface area contributed by atoms with Crippen molar-refractivity contribution in [1.29, 1.82) is 0 Å². The van der Waals surface area contributed by atoms with Gasteiger partial charge in [0, 0.05) is 37.3 Å². The molecule has 1 saturated heterocycles. The van der Waals surface area contributed by atoms with E-state index in [0.717, 1.165) is 25.2 Å². The lowest BCUT2D eigenvalue weighted by atomic mass is 10.1. The predicted molar refractivity (Wildman–Crippen MR) is 103 cm³/mol. The van der Waals surface area contributed by atoms with Crippen molar-refractivity contribution in [1.82, 2.24) is 19.8 Å². The Morgan fingerprint density at radius 1 is 0.967 bits per heavy atom. The van der Waals surface area contributed by atoms with E-state index in [0.29, 0.717) is 18.7 Å². The smallest absolute Gasteiger partial charge is 0.336 e. The van der Waals surface area contributed by atoms with Crippen molar-refractivity contribution in [2.75, 3.05) is 33.2 Å². The van der Waals surface area contributed by atoms with Crippen molar-refractivity contribution < 1.29 is 22.4 Å². The minimum atomic E-state index is -4.77. The molecular weight excluding hydrogens is 400 g/mol. The highest BCUT2D eigenvalue weighted by Gasteiger charge is 2.37. The van der Waals surface area contributed by atoms with Gasteiger partial charge >= 0.3 is 6.18 Å². The Hall–Kier alpha value is -3.07. The lowest BCUT2D eigenvalue weighted by molar-refractivity contribution is -0.140. The van der Waals surface area contributed by atoms with E-state index < -0.39 is 23.4 Å². The number of fused-ring (bicyclic) bond motifs is 1. The van der Waals surface area contributed by atoms with Crippen molar-refractivity contribution >= 4 is 16.9 Å². The summed E-state index contributed by atoms with van der Waals surface area (Å²) in [7, 11) is 1.97. The fourth-order valence-corrected chi connectivity index (χ4v) is 3.41. The molecule has 0 atom stereocenters. The number of benzene rings is 2. The maximum absolute atomic E-state index is 13.6. The van der Waals surface area contributed by atoms with Crippen LogP contribution in [-0.4, -0.2) is 58.9 Å². The number of piperazine rings is 1. The largest absolute Gasteiger partial charge is 0.435 e. The summed E-state index contributed by atoms with van der Waals surface area (Å²) < 4.78 is 54.4. The zero-order chi connectivity index (χ0) is 21.5. The number of hydrogen-bond donors (Lipinski definition) is 0. The molecule has 1 aliphatic heterocycles. The molecule has 2 heterocycles. The maximum atomic E-state index is 13.6. The van der Waals surface area contributed by atoms with E-state index in [1.54, 1.807) is 4.90 Å². The number of carbonyl (C=O) groups is 1. The van der Waals surface area contributed by atoms with Gasteiger partial charge in [-0.1, -0.05) is 12.1 Å². The zero-order valence-electron chi connectivity index (χ0n) is 16.1. The maximum Gasteiger partial charge on any atom is 0.435 e. The lowest BCUT2D eigenvalue weighted by Gasteiger charge is -2.32. The van der Waals surface area contributed by atoms with Crippen LogP contribution in [0.3, 0.4) is 0 Å². The van der Waals surface area contributed by atoms with E-state index in [1.807, 2.05) is 7.05 Å². The lowest BCUT2D eigenvalue weighted by Crippen LogP contribution is -2.47. The minimum Gasteiger partial charge on any atom is -0.336 e. The van der Waals surface area contributed by atoms with Crippen LogP contribution in [0.15, 0.2) is 42.5 Å². The average Bonchev–Trinajstić information content (AvgIpc) is 2.72. The molecule has 0 aliphatic carbocycles. The highest BCUT2D eigenvalue weighted by atomic mass is 19.4. The molecule has 1 aliphatic rings. The molecular formula is C21H18F4N4O. The van der Waals surface area contributed by atoms with Crippen LogP contribution in [0.5, 0.6) is 0 Å². The van der Waals surface area contributed by atoms with Crippen LogP contribution in [0.25, 0.3) is 22.3 Å². The van der Waals surface area contributed by atoms with Gasteiger partial charge in [0.25, 0.3) is 5.91 Å². The number of rotatable bonds is 2. The van der Waals surface area contributed by atoms with Crippen molar-refractivity contribution in [2.24, 2.45) is 0 Å². The molecule has 0 N–H and O–H groups in total. The van der Waals surface area contributed by atoms with Gasteiger partial charge in [0.1, 0.15) is 11.5 Å². The summed E-state index contributed by atoms with van der Waals surface area (Å²) in [6.45, 7) is 2.64. The number of nitrogens with zero attached hydrogens (tertiary/aromatic N) is 4. The second-order valence-corrected chi connectivity index (χ2v) is 7.23. The van der Waals surface area contributed by atoms with Gasteiger partial charge in [-0.05, 0) is 37.4 Å². The van der Waals surface area contributed by atoms with Gasteiger partial charge in [0.2, 0.25) is 0 Å². The summed E-state index contributed by atoms with van der Waals surface area (Å²) in [6, 6.07) is 9.02. The standard InChI is InChI=1S/C21H18F4N4O/c1-28-7-9-29(10-8-28)20(30)14-5-6-16-17(12-14)26-18(19(27-16)21(23,24)25)13-3-2-4-15(22)11-13/h2-6,11-12H,7-10H2,1H3. The van der Waals surface area contributed by atoms with Gasteiger partial charge in [0.05, 0.1) is 11.0 Å². The van der Waals surface area contributed by atoms with Crippen LogP contribution in [0.2, 0.25) is 0 Å². The number of carbonyl (C=O) groups excluding carboxylic acids is 1. The highest BCUT2D eigenvalue weighted by molar-refractivity contribution is 5.97. The summed E-state index contributed by atoms with van der Waals surface area (Å²) in [5.74, 6) is -0.888. The SMILES string of the molecule is CN1CCN(C(=O)c2ccc3nc(C(F)(F)F)c(-c4cccc(F)c4)nc3c2)CC1. The zero-order valence-corrected chi connectivity index (χ0v) is 16.1. The van der Waals surface area contributed by atoms with Crippen LogP contribution in [0.4, 0.5) is 17.6 Å². The second-order valence-electron chi connectivity index (χ2n) is 7.23. The molecule has 1 fully saturated rings. The third kappa shape index (κ3) is 3.97. The van der Waals surface area contributed by atoms with Gasteiger partial charge in [-0.3, -0.25) is 4.79 Å². The van der Waals surface area contributed by atoms with Crippen LogP contribution in [0.1, 0.15) is 16.1 Å². The summed E-state index contributed by atoms with van der Waals surface area (Å²) in [6.07, 6.45) is -4.77. The first kappa shape index (κ1) is 20.2. The molecule has 3 aromatic rings. The molecule has 1 amide bonds. The molecule has 4 rings (SSSR count). The molecule has 9 heteroatoms. The van der Waals surface area contributed by atoms with E-state index in [4.69, 9.17) is 0 Å². The summed E-state index contributed by atoms with van der Waals surface area (Å²) in [5, 5.41) is 0. The molecule has 0 spiro atoms. The molecule has 156 valence electrons. The Morgan fingerprint density at radius 2 is 1.70 bits per heavy atom.